The second kappa shape index (κ2) is 9.76. The molecule has 2 amide bonds. The van der Waals surface area contributed by atoms with Crippen molar-refractivity contribution in [3.63, 3.8) is 0 Å². The number of ether oxygens (including phenoxy) is 1. The number of benzene rings is 1. The Bertz CT molecular complexity index is 1010. The van der Waals surface area contributed by atoms with E-state index in [2.05, 4.69) is 45.5 Å². The number of rotatable bonds is 8. The third-order valence-electron chi connectivity index (χ3n) is 8.01. The summed E-state index contributed by atoms with van der Waals surface area (Å²) < 4.78 is 5.69. The van der Waals surface area contributed by atoms with Crippen LogP contribution in [0.2, 0.25) is 0 Å². The highest BCUT2D eigenvalue weighted by Gasteiger charge is 2.37. The molecule has 6 rings (SSSR count). The summed E-state index contributed by atoms with van der Waals surface area (Å²) in [4.78, 5) is 23.7. The van der Waals surface area contributed by atoms with Crippen LogP contribution >= 0.6 is 0 Å². The Morgan fingerprint density at radius 1 is 1.03 bits per heavy atom. The Labute approximate surface area is 206 Å². The van der Waals surface area contributed by atoms with E-state index in [9.17, 15) is 9.90 Å². The molecule has 0 spiro atoms. The lowest BCUT2D eigenvalue weighted by Gasteiger charge is -2.36. The Morgan fingerprint density at radius 2 is 1.74 bits per heavy atom. The maximum atomic E-state index is 12.9. The standard InChI is InChI=1S/C27H35N5O3/c33-26(14-29-22-11-19-3-1-2-4-20(19)12-22)16-31-10-9-30(27(31)34)15-21-5-6-23(13-28-21)32-24-7-8-25(32)18-35-17-24/h1-6,13,22,24-26,29,33H,7-12,14-18H2. The number of fused-ring (bicyclic) bond motifs is 3. The van der Waals surface area contributed by atoms with Crippen molar-refractivity contribution in [2.45, 2.75) is 56.5 Å². The van der Waals surface area contributed by atoms with Gasteiger partial charge in [0.2, 0.25) is 0 Å². The predicted octanol–water partition coefficient (Wildman–Crippen LogP) is 1.80. The molecule has 1 aromatic carbocycles. The van der Waals surface area contributed by atoms with Crippen LogP contribution in [0.25, 0.3) is 0 Å². The van der Waals surface area contributed by atoms with Gasteiger partial charge in [-0.25, -0.2) is 4.79 Å². The van der Waals surface area contributed by atoms with Crippen molar-refractivity contribution < 1.29 is 14.6 Å². The maximum absolute atomic E-state index is 12.9. The molecular formula is C27H35N5O3. The number of hydrogen-bond donors (Lipinski definition) is 2. The maximum Gasteiger partial charge on any atom is 0.320 e. The van der Waals surface area contributed by atoms with Crippen molar-refractivity contribution >= 4 is 11.7 Å². The summed E-state index contributed by atoms with van der Waals surface area (Å²) in [5.74, 6) is 0. The van der Waals surface area contributed by atoms with Crippen LogP contribution < -0.4 is 10.2 Å². The predicted molar refractivity (Wildman–Crippen MR) is 133 cm³/mol. The van der Waals surface area contributed by atoms with Crippen LogP contribution in [0.5, 0.6) is 0 Å². The van der Waals surface area contributed by atoms with E-state index in [0.29, 0.717) is 50.8 Å². The molecule has 3 saturated heterocycles. The molecule has 3 aliphatic heterocycles. The first-order valence-electron chi connectivity index (χ1n) is 13.0. The number of aliphatic hydroxyl groups excluding tert-OH is 1. The summed E-state index contributed by atoms with van der Waals surface area (Å²) in [6.45, 7) is 4.25. The average Bonchev–Trinajstić information content (AvgIpc) is 3.52. The van der Waals surface area contributed by atoms with Crippen LogP contribution in [-0.4, -0.2) is 89.5 Å². The van der Waals surface area contributed by atoms with Crippen LogP contribution in [0.1, 0.15) is 29.7 Å². The summed E-state index contributed by atoms with van der Waals surface area (Å²) in [5.41, 5.74) is 4.83. The molecule has 4 aliphatic rings. The molecule has 8 nitrogen and oxygen atoms in total. The van der Waals surface area contributed by atoms with Crippen molar-refractivity contribution in [1.82, 2.24) is 20.1 Å². The fraction of sp³-hybridized carbons (Fsp3) is 0.556. The van der Waals surface area contributed by atoms with Gasteiger partial charge in [0.15, 0.2) is 0 Å². The zero-order chi connectivity index (χ0) is 23.8. The molecule has 35 heavy (non-hydrogen) atoms. The highest BCUT2D eigenvalue weighted by Crippen LogP contribution is 2.33. The minimum absolute atomic E-state index is 0.0191. The van der Waals surface area contributed by atoms with Crippen molar-refractivity contribution in [1.29, 1.82) is 0 Å². The number of β-amino-alcohol motifs (C(OH)–C–C–N with tert-alkyl or cyclic N) is 1. The molecule has 1 aromatic heterocycles. The van der Waals surface area contributed by atoms with E-state index in [0.717, 1.165) is 37.4 Å². The third kappa shape index (κ3) is 4.75. The molecule has 2 bridgehead atoms. The molecule has 0 radical (unpaired) electrons. The molecular weight excluding hydrogens is 442 g/mol. The lowest BCUT2D eigenvalue weighted by Crippen LogP contribution is -2.46. The number of aliphatic hydroxyl groups is 1. The van der Waals surface area contributed by atoms with Crippen molar-refractivity contribution in [2.75, 3.05) is 44.3 Å². The number of carbonyl (C=O) groups excluding carboxylic acids is 1. The van der Waals surface area contributed by atoms with Crippen LogP contribution in [0.15, 0.2) is 42.6 Å². The number of hydrogen-bond acceptors (Lipinski definition) is 6. The van der Waals surface area contributed by atoms with Gasteiger partial charge in [-0.05, 0) is 48.9 Å². The van der Waals surface area contributed by atoms with Crippen molar-refractivity contribution in [3.05, 3.63) is 59.4 Å². The highest BCUT2D eigenvalue weighted by atomic mass is 16.5. The van der Waals surface area contributed by atoms with Crippen molar-refractivity contribution in [2.24, 2.45) is 0 Å². The zero-order valence-corrected chi connectivity index (χ0v) is 20.2. The van der Waals surface area contributed by atoms with Gasteiger partial charge in [0.1, 0.15) is 0 Å². The van der Waals surface area contributed by atoms with Gasteiger partial charge in [-0.15, -0.1) is 0 Å². The van der Waals surface area contributed by atoms with Gasteiger partial charge in [0.25, 0.3) is 0 Å². The van der Waals surface area contributed by atoms with Crippen LogP contribution in [-0.2, 0) is 24.1 Å². The van der Waals surface area contributed by atoms with Gasteiger partial charge >= 0.3 is 6.03 Å². The third-order valence-corrected chi connectivity index (χ3v) is 8.01. The normalized spacial score (nSPS) is 24.9. The van der Waals surface area contributed by atoms with Crippen LogP contribution in [0.3, 0.4) is 0 Å². The van der Waals surface area contributed by atoms with Crippen molar-refractivity contribution in [3.8, 4) is 0 Å². The number of aromatic nitrogens is 1. The first-order chi connectivity index (χ1) is 17.1. The molecule has 1 aliphatic carbocycles. The van der Waals surface area contributed by atoms with E-state index in [-0.39, 0.29) is 6.03 Å². The second-order valence-corrected chi connectivity index (χ2v) is 10.4. The number of nitrogens with one attached hydrogen (secondary N) is 1. The molecule has 2 N–H and O–H groups in total. The summed E-state index contributed by atoms with van der Waals surface area (Å²) in [5, 5.41) is 14.1. The fourth-order valence-corrected chi connectivity index (χ4v) is 6.18. The number of morpholine rings is 1. The minimum Gasteiger partial charge on any atom is -0.390 e. The number of nitrogens with zero attached hydrogens (tertiary/aromatic N) is 4. The first-order valence-corrected chi connectivity index (χ1v) is 13.0. The summed E-state index contributed by atoms with van der Waals surface area (Å²) in [6, 6.07) is 14.0. The Morgan fingerprint density at radius 3 is 2.43 bits per heavy atom. The van der Waals surface area contributed by atoms with Crippen LogP contribution in [0.4, 0.5) is 10.5 Å². The highest BCUT2D eigenvalue weighted by molar-refractivity contribution is 5.76. The minimum atomic E-state index is -0.580. The number of urea groups is 1. The molecule has 3 unspecified atom stereocenters. The zero-order valence-electron chi connectivity index (χ0n) is 20.2. The number of pyridine rings is 1. The van der Waals surface area contributed by atoms with Gasteiger partial charge in [-0.2, -0.15) is 0 Å². The Hall–Kier alpha value is -2.68. The first kappa shape index (κ1) is 22.8. The summed E-state index contributed by atoms with van der Waals surface area (Å²) in [6.07, 6.45) is 5.72. The summed E-state index contributed by atoms with van der Waals surface area (Å²) in [7, 11) is 0. The molecule has 4 heterocycles. The van der Waals surface area contributed by atoms with Gasteiger partial charge in [-0.1, -0.05) is 24.3 Å². The Kier molecular flexibility index (Phi) is 6.35. The van der Waals surface area contributed by atoms with Gasteiger partial charge in [0.05, 0.1) is 55.5 Å². The van der Waals surface area contributed by atoms with E-state index in [1.807, 2.05) is 17.2 Å². The van der Waals surface area contributed by atoms with E-state index < -0.39 is 6.10 Å². The number of anilines is 1. The quantitative estimate of drug-likeness (QED) is 0.604. The average molecular weight is 478 g/mol. The lowest BCUT2D eigenvalue weighted by atomic mass is 10.1. The molecule has 186 valence electrons. The number of carbonyl (C=O) groups is 1. The van der Waals surface area contributed by atoms with E-state index in [4.69, 9.17) is 4.74 Å². The second-order valence-electron chi connectivity index (χ2n) is 10.4. The monoisotopic (exact) mass is 477 g/mol. The van der Waals surface area contributed by atoms with Gasteiger partial charge in [-0.3, -0.25) is 4.98 Å². The SMILES string of the molecule is O=C1N(Cc2ccc(N3C4CCC3COC4)cn2)CCN1CC(O)CNC1Cc2ccccc2C1. The fourth-order valence-electron chi connectivity index (χ4n) is 6.18. The largest absolute Gasteiger partial charge is 0.390 e. The van der Waals surface area contributed by atoms with Crippen LogP contribution in [0, 0.1) is 0 Å². The van der Waals surface area contributed by atoms with Gasteiger partial charge < -0.3 is 29.9 Å². The Balaban J connectivity index is 0.971. The smallest absolute Gasteiger partial charge is 0.320 e. The molecule has 0 saturated carbocycles. The molecule has 8 heteroatoms. The van der Waals surface area contributed by atoms with E-state index in [1.54, 1.807) is 4.90 Å². The van der Waals surface area contributed by atoms with E-state index >= 15 is 0 Å². The van der Waals surface area contributed by atoms with Gasteiger partial charge in [0, 0.05) is 32.2 Å². The molecule has 3 fully saturated rings. The number of amides is 2. The lowest BCUT2D eigenvalue weighted by molar-refractivity contribution is 0.0906. The molecule has 2 aromatic rings. The summed E-state index contributed by atoms with van der Waals surface area (Å²) >= 11 is 0. The topological polar surface area (TPSA) is 81.2 Å². The van der Waals surface area contributed by atoms with E-state index in [1.165, 1.54) is 24.0 Å². The molecule has 3 atom stereocenters.